The maximum Gasteiger partial charge on any atom is 0.292 e. The highest BCUT2D eigenvalue weighted by Gasteiger charge is 2.13. The van der Waals surface area contributed by atoms with Gasteiger partial charge in [0.1, 0.15) is 0 Å². The van der Waals surface area contributed by atoms with Crippen LogP contribution in [0.25, 0.3) is 0 Å². The molecule has 2 aromatic rings. The molecule has 0 aliphatic rings. The quantitative estimate of drug-likeness (QED) is 0.424. The number of hydrogen-bond donors (Lipinski definition) is 0. The molecule has 0 heterocycles. The lowest BCUT2D eigenvalue weighted by Crippen LogP contribution is -1.94. The minimum absolute atomic E-state index is 0.441. The van der Waals surface area contributed by atoms with E-state index >= 15 is 0 Å². The van der Waals surface area contributed by atoms with Crippen LogP contribution in [0, 0.1) is 23.0 Å². The fraction of sp³-hybridized carbons (Fsp3) is 0.0667. The summed E-state index contributed by atoms with van der Waals surface area (Å²) >= 11 is 13.6. The summed E-state index contributed by atoms with van der Waals surface area (Å²) in [6.45, 7) is 0. The van der Waals surface area contributed by atoms with Gasteiger partial charge in [0, 0.05) is 0 Å². The van der Waals surface area contributed by atoms with Gasteiger partial charge in [0.2, 0.25) is 0 Å². The summed E-state index contributed by atoms with van der Waals surface area (Å²) in [4.78, 5) is 0. The minimum Gasteiger partial charge on any atom is -0.386 e. The van der Waals surface area contributed by atoms with Crippen molar-refractivity contribution in [1.29, 1.82) is 10.5 Å². The van der Waals surface area contributed by atoms with E-state index in [1.54, 1.807) is 12.5 Å². The van der Waals surface area contributed by atoms with Crippen LogP contribution in [0.15, 0.2) is 42.2 Å². The molecule has 23 heavy (non-hydrogen) atoms. The highest BCUT2D eigenvalue weighted by atomic mass is 79.9. The number of halogens is 4. The third-order valence-electron chi connectivity index (χ3n) is 2.82. The van der Waals surface area contributed by atoms with Crippen LogP contribution in [0.3, 0.4) is 0 Å². The molecule has 116 valence electrons. The van der Waals surface area contributed by atoms with Crippen LogP contribution in [0.4, 0.5) is 0 Å². The summed E-state index contributed by atoms with van der Waals surface area (Å²) in [5.74, 6) is 0.882. The van der Waals surface area contributed by atoms with Gasteiger partial charge in [-0.1, -0.05) is 0 Å². The summed E-state index contributed by atoms with van der Waals surface area (Å²) in [7, 11) is 0. The molecule has 0 aliphatic heterocycles. The zero-order valence-electron chi connectivity index (χ0n) is 11.2. The Balaban J connectivity index is 2.34. The van der Waals surface area contributed by atoms with Crippen molar-refractivity contribution in [1.82, 2.24) is 0 Å². The van der Waals surface area contributed by atoms with Crippen LogP contribution >= 0.6 is 63.7 Å². The topological polar surface area (TPSA) is 66.0 Å². The molecule has 2 aromatic carbocycles. The maximum absolute atomic E-state index is 8.64. The van der Waals surface area contributed by atoms with Crippen LogP contribution in [-0.2, 0) is 6.42 Å². The molecule has 0 bridgehead atoms. The molecule has 0 aliphatic carbocycles. The van der Waals surface area contributed by atoms with Gasteiger partial charge in [-0.2, -0.15) is 0 Å². The molecule has 0 spiro atoms. The molecule has 0 radical (unpaired) electrons. The molecule has 4 nitrogen and oxygen atoms in total. The van der Waals surface area contributed by atoms with Crippen molar-refractivity contribution in [2.75, 3.05) is 0 Å². The zero-order valence-corrected chi connectivity index (χ0v) is 17.6. The molecule has 0 unspecified atom stereocenters. The third kappa shape index (κ3) is 4.48. The molecule has 2 rings (SSSR count). The van der Waals surface area contributed by atoms with Crippen LogP contribution in [-0.4, -0.2) is 0 Å². The maximum atomic E-state index is 8.64. The molecular formula is C15H6Br4N2O2. The van der Waals surface area contributed by atoms with Gasteiger partial charge in [-0.05, 0) is 106 Å². The van der Waals surface area contributed by atoms with E-state index in [-0.39, 0.29) is 0 Å². The van der Waals surface area contributed by atoms with Crippen LogP contribution in [0.1, 0.15) is 11.1 Å². The summed E-state index contributed by atoms with van der Waals surface area (Å²) in [5.41, 5.74) is 2.03. The van der Waals surface area contributed by atoms with Gasteiger partial charge in [0.25, 0.3) is 12.5 Å². The molecule has 0 aromatic heterocycles. The highest BCUT2D eigenvalue weighted by molar-refractivity contribution is 9.11. The van der Waals surface area contributed by atoms with Gasteiger partial charge in [-0.15, -0.1) is 10.5 Å². The SMILES string of the molecule is N#COc1c(Br)cc(Cc2cc(Br)c(OC#N)c(Br)c2)cc1Br. The molecule has 0 amide bonds. The molecule has 0 fully saturated rings. The second-order valence-corrected chi connectivity index (χ2v) is 7.76. The first-order valence-electron chi connectivity index (χ1n) is 6.04. The van der Waals surface area contributed by atoms with Crippen molar-refractivity contribution in [2.24, 2.45) is 0 Å². The fourth-order valence-electron chi connectivity index (χ4n) is 1.95. The van der Waals surface area contributed by atoms with Crippen molar-refractivity contribution in [3.63, 3.8) is 0 Å². The Morgan fingerprint density at radius 1 is 0.696 bits per heavy atom. The standard InChI is InChI=1S/C15H6Br4N2O2/c16-10-2-8(3-11(17)14(10)22-6-20)1-9-4-12(18)15(23-7-21)13(19)5-9/h2-5H,1H2. The number of hydrogen-bond acceptors (Lipinski definition) is 4. The fourth-order valence-corrected chi connectivity index (χ4v) is 4.84. The Kier molecular flexibility index (Phi) is 6.49. The Labute approximate surface area is 166 Å². The van der Waals surface area contributed by atoms with Gasteiger partial charge in [-0.3, -0.25) is 0 Å². The lowest BCUT2D eigenvalue weighted by atomic mass is 10.0. The normalized spacial score (nSPS) is 9.83. The highest BCUT2D eigenvalue weighted by Crippen LogP contribution is 2.37. The smallest absolute Gasteiger partial charge is 0.292 e. The van der Waals surface area contributed by atoms with Crippen LogP contribution < -0.4 is 9.47 Å². The van der Waals surface area contributed by atoms with Gasteiger partial charge in [0.15, 0.2) is 11.5 Å². The molecule has 0 atom stereocenters. The molecule has 8 heteroatoms. The van der Waals surface area contributed by atoms with Crippen LogP contribution in [0.2, 0.25) is 0 Å². The first-order valence-corrected chi connectivity index (χ1v) is 9.21. The van der Waals surface area contributed by atoms with Gasteiger partial charge < -0.3 is 9.47 Å². The zero-order chi connectivity index (χ0) is 17.0. The predicted molar refractivity (Wildman–Crippen MR) is 99.0 cm³/mol. The first-order chi connectivity index (χ1) is 11.0. The number of nitrogens with zero attached hydrogens (tertiary/aromatic N) is 2. The van der Waals surface area contributed by atoms with Gasteiger partial charge in [-0.25, -0.2) is 0 Å². The van der Waals surface area contributed by atoms with Crippen molar-refractivity contribution >= 4 is 63.7 Å². The van der Waals surface area contributed by atoms with Gasteiger partial charge in [0.05, 0.1) is 17.9 Å². The third-order valence-corrected chi connectivity index (χ3v) is 5.18. The number of benzene rings is 2. The second kappa shape index (κ2) is 8.16. The molecule has 0 saturated carbocycles. The van der Waals surface area contributed by atoms with E-state index in [1.165, 1.54) is 0 Å². The minimum atomic E-state index is 0.441. The predicted octanol–water partition coefficient (Wildman–Crippen LogP) is 6.05. The average Bonchev–Trinajstić information content (AvgIpc) is 2.47. The summed E-state index contributed by atoms with van der Waals surface area (Å²) < 4.78 is 12.6. The van der Waals surface area contributed by atoms with E-state index < -0.39 is 0 Å². The van der Waals surface area contributed by atoms with Crippen molar-refractivity contribution in [3.8, 4) is 24.0 Å². The van der Waals surface area contributed by atoms with E-state index in [2.05, 4.69) is 63.7 Å². The van der Waals surface area contributed by atoms with Crippen molar-refractivity contribution in [3.05, 3.63) is 53.3 Å². The monoisotopic (exact) mass is 562 g/mol. The lowest BCUT2D eigenvalue weighted by Gasteiger charge is -2.10. The summed E-state index contributed by atoms with van der Waals surface area (Å²) in [6.07, 6.45) is 3.96. The summed E-state index contributed by atoms with van der Waals surface area (Å²) in [6, 6.07) is 7.55. The average molecular weight is 566 g/mol. The molecule has 0 N–H and O–H groups in total. The van der Waals surface area contributed by atoms with E-state index in [0.717, 1.165) is 11.1 Å². The van der Waals surface area contributed by atoms with E-state index in [1.807, 2.05) is 24.3 Å². The number of ether oxygens (including phenoxy) is 2. The Bertz CT molecular complexity index is 725. The summed E-state index contributed by atoms with van der Waals surface area (Å²) in [5, 5.41) is 17.3. The van der Waals surface area contributed by atoms with Crippen molar-refractivity contribution in [2.45, 2.75) is 6.42 Å². The number of rotatable bonds is 4. The Morgan fingerprint density at radius 2 is 1.00 bits per heavy atom. The van der Waals surface area contributed by atoms with E-state index in [0.29, 0.717) is 35.8 Å². The number of nitriles is 2. The van der Waals surface area contributed by atoms with E-state index in [4.69, 9.17) is 20.0 Å². The second-order valence-electron chi connectivity index (χ2n) is 4.34. The Morgan fingerprint density at radius 3 is 1.26 bits per heavy atom. The Hall–Kier alpha value is -1.06. The van der Waals surface area contributed by atoms with E-state index in [9.17, 15) is 0 Å². The van der Waals surface area contributed by atoms with Crippen molar-refractivity contribution < 1.29 is 9.47 Å². The van der Waals surface area contributed by atoms with Gasteiger partial charge >= 0.3 is 0 Å². The largest absolute Gasteiger partial charge is 0.386 e. The first kappa shape index (κ1) is 18.3. The lowest BCUT2D eigenvalue weighted by molar-refractivity contribution is 0.500. The molecule has 0 saturated heterocycles. The van der Waals surface area contributed by atoms with Crippen LogP contribution in [0.5, 0.6) is 11.5 Å². The molecular weight excluding hydrogens is 560 g/mol.